The van der Waals surface area contributed by atoms with Crippen molar-refractivity contribution in [2.24, 2.45) is 5.92 Å². The molecular weight excluding hydrogens is 112 g/mol. The van der Waals surface area contributed by atoms with E-state index in [2.05, 4.69) is 12.2 Å². The van der Waals surface area contributed by atoms with Gasteiger partial charge in [-0.25, -0.2) is 0 Å². The fraction of sp³-hybridized carbons (Fsp3) is 1.00. The zero-order valence-corrected chi connectivity index (χ0v) is 6.32. The Bertz CT molecular complexity index is 57.9. The van der Waals surface area contributed by atoms with Crippen molar-refractivity contribution in [1.82, 2.24) is 11.5 Å². The van der Waals surface area contributed by atoms with Crippen LogP contribution < -0.4 is 11.5 Å². The molecule has 0 spiro atoms. The zero-order valence-electron chi connectivity index (χ0n) is 6.32. The van der Waals surface area contributed by atoms with Crippen LogP contribution >= 0.6 is 0 Å². The highest BCUT2D eigenvalue weighted by molar-refractivity contribution is 4.66. The highest BCUT2D eigenvalue weighted by Crippen LogP contribution is 2.13. The Hall–Kier alpha value is -0.0800. The quantitative estimate of drug-likeness (QED) is 0.566. The van der Waals surface area contributed by atoms with E-state index in [0.29, 0.717) is 0 Å². The van der Waals surface area contributed by atoms with Gasteiger partial charge in [0.1, 0.15) is 0 Å². The van der Waals surface area contributed by atoms with E-state index in [1.165, 1.54) is 32.4 Å². The lowest BCUT2D eigenvalue weighted by Crippen LogP contribution is -2.27. The Labute approximate surface area is 57.6 Å². The number of piperidine rings is 1. The molecule has 0 aromatic rings. The van der Waals surface area contributed by atoms with Crippen LogP contribution in [0.4, 0.5) is 0 Å². The molecule has 1 aliphatic heterocycles. The molecule has 1 saturated heterocycles. The second kappa shape index (κ2) is 4.77. The van der Waals surface area contributed by atoms with E-state index in [0.717, 1.165) is 5.92 Å². The minimum atomic E-state index is 0. The fourth-order valence-electron chi connectivity index (χ4n) is 1.29. The van der Waals surface area contributed by atoms with Crippen LogP contribution in [-0.4, -0.2) is 13.1 Å². The Morgan fingerprint density at radius 2 is 1.89 bits per heavy atom. The molecule has 9 heavy (non-hydrogen) atoms. The van der Waals surface area contributed by atoms with Crippen molar-refractivity contribution in [2.75, 3.05) is 13.1 Å². The average Bonchev–Trinajstić information content (AvgIpc) is 1.90. The van der Waals surface area contributed by atoms with Gasteiger partial charge in [-0.2, -0.15) is 0 Å². The third-order valence-electron chi connectivity index (χ3n) is 2.04. The molecule has 0 bridgehead atoms. The van der Waals surface area contributed by atoms with Crippen LogP contribution in [0, 0.1) is 5.92 Å². The number of hydrogen-bond acceptors (Lipinski definition) is 2. The van der Waals surface area contributed by atoms with Crippen molar-refractivity contribution in [1.29, 1.82) is 0 Å². The Balaban J connectivity index is 0.000000640. The van der Waals surface area contributed by atoms with Crippen LogP contribution in [0.5, 0.6) is 0 Å². The predicted molar refractivity (Wildman–Crippen MR) is 40.9 cm³/mol. The van der Waals surface area contributed by atoms with Gasteiger partial charge in [0.2, 0.25) is 0 Å². The monoisotopic (exact) mass is 130 g/mol. The minimum Gasteiger partial charge on any atom is -0.344 e. The first-order valence-electron chi connectivity index (χ1n) is 3.64. The normalized spacial score (nSPS) is 21.0. The topological polar surface area (TPSA) is 47.0 Å². The molecular formula is C7H18N2. The molecule has 0 saturated carbocycles. The van der Waals surface area contributed by atoms with Gasteiger partial charge in [0, 0.05) is 0 Å². The third kappa shape index (κ3) is 2.82. The maximum Gasteiger partial charge on any atom is -0.00463 e. The van der Waals surface area contributed by atoms with Crippen molar-refractivity contribution in [3.05, 3.63) is 0 Å². The highest BCUT2D eigenvalue weighted by atomic mass is 14.9. The average molecular weight is 130 g/mol. The summed E-state index contributed by atoms with van der Waals surface area (Å²) < 4.78 is 0. The Morgan fingerprint density at radius 1 is 1.33 bits per heavy atom. The molecule has 1 fully saturated rings. The smallest absolute Gasteiger partial charge is 0.00463 e. The third-order valence-corrected chi connectivity index (χ3v) is 2.04. The number of nitrogens with one attached hydrogen (secondary N) is 1. The van der Waals surface area contributed by atoms with Gasteiger partial charge in [-0.1, -0.05) is 13.3 Å². The summed E-state index contributed by atoms with van der Waals surface area (Å²) in [5, 5.41) is 3.35. The van der Waals surface area contributed by atoms with Crippen molar-refractivity contribution >= 4 is 0 Å². The van der Waals surface area contributed by atoms with E-state index in [4.69, 9.17) is 0 Å². The first kappa shape index (κ1) is 8.92. The summed E-state index contributed by atoms with van der Waals surface area (Å²) in [6, 6.07) is 0. The summed E-state index contributed by atoms with van der Waals surface area (Å²) in [6.07, 6.45) is 4.18. The Morgan fingerprint density at radius 3 is 2.22 bits per heavy atom. The summed E-state index contributed by atoms with van der Waals surface area (Å²) in [5.41, 5.74) is 0. The SMILES string of the molecule is CCC1CCNCC1.N. The molecule has 0 amide bonds. The van der Waals surface area contributed by atoms with E-state index < -0.39 is 0 Å². The van der Waals surface area contributed by atoms with Crippen molar-refractivity contribution in [3.63, 3.8) is 0 Å². The number of rotatable bonds is 1. The molecule has 2 heteroatoms. The fourth-order valence-corrected chi connectivity index (χ4v) is 1.29. The van der Waals surface area contributed by atoms with Crippen LogP contribution in [0.25, 0.3) is 0 Å². The second-order valence-corrected chi connectivity index (χ2v) is 2.60. The van der Waals surface area contributed by atoms with Crippen molar-refractivity contribution in [2.45, 2.75) is 26.2 Å². The van der Waals surface area contributed by atoms with Gasteiger partial charge >= 0.3 is 0 Å². The summed E-state index contributed by atoms with van der Waals surface area (Å²) >= 11 is 0. The molecule has 0 unspecified atom stereocenters. The molecule has 2 nitrogen and oxygen atoms in total. The molecule has 1 rings (SSSR count). The summed E-state index contributed by atoms with van der Waals surface area (Å²) in [5.74, 6) is 1.02. The second-order valence-electron chi connectivity index (χ2n) is 2.60. The van der Waals surface area contributed by atoms with Gasteiger partial charge < -0.3 is 11.5 Å². The molecule has 1 heterocycles. The summed E-state index contributed by atoms with van der Waals surface area (Å²) in [6.45, 7) is 4.78. The predicted octanol–water partition coefficient (Wildman–Crippen LogP) is 1.56. The lowest BCUT2D eigenvalue weighted by Gasteiger charge is -2.20. The van der Waals surface area contributed by atoms with Crippen LogP contribution in [0.1, 0.15) is 26.2 Å². The van der Waals surface area contributed by atoms with E-state index in [-0.39, 0.29) is 6.15 Å². The standard InChI is InChI=1S/C7H15N.H3N/c1-2-7-3-5-8-6-4-7;/h7-8H,2-6H2,1H3;1H3. The summed E-state index contributed by atoms with van der Waals surface area (Å²) in [7, 11) is 0. The van der Waals surface area contributed by atoms with E-state index in [1.807, 2.05) is 0 Å². The molecule has 0 aromatic heterocycles. The van der Waals surface area contributed by atoms with Gasteiger partial charge in [-0.3, -0.25) is 0 Å². The van der Waals surface area contributed by atoms with Gasteiger partial charge in [0.25, 0.3) is 0 Å². The van der Waals surface area contributed by atoms with E-state index in [9.17, 15) is 0 Å². The van der Waals surface area contributed by atoms with Crippen molar-refractivity contribution < 1.29 is 0 Å². The zero-order chi connectivity index (χ0) is 5.82. The van der Waals surface area contributed by atoms with Gasteiger partial charge in [-0.15, -0.1) is 0 Å². The first-order valence-corrected chi connectivity index (χ1v) is 3.64. The lowest BCUT2D eigenvalue weighted by molar-refractivity contribution is 0.365. The minimum absolute atomic E-state index is 0. The van der Waals surface area contributed by atoms with E-state index in [1.54, 1.807) is 0 Å². The molecule has 4 N–H and O–H groups in total. The maximum atomic E-state index is 3.35. The molecule has 0 atom stereocenters. The van der Waals surface area contributed by atoms with Crippen molar-refractivity contribution in [3.8, 4) is 0 Å². The first-order chi connectivity index (χ1) is 3.93. The molecule has 56 valence electrons. The van der Waals surface area contributed by atoms with Gasteiger partial charge in [0.05, 0.1) is 0 Å². The molecule has 0 aliphatic carbocycles. The summed E-state index contributed by atoms with van der Waals surface area (Å²) in [4.78, 5) is 0. The Kier molecular flexibility index (Phi) is 4.72. The number of hydrogen-bond donors (Lipinski definition) is 2. The molecule has 0 radical (unpaired) electrons. The van der Waals surface area contributed by atoms with Gasteiger partial charge in [0.15, 0.2) is 0 Å². The van der Waals surface area contributed by atoms with Crippen LogP contribution in [0.2, 0.25) is 0 Å². The van der Waals surface area contributed by atoms with Gasteiger partial charge in [-0.05, 0) is 31.8 Å². The largest absolute Gasteiger partial charge is 0.344 e. The molecule has 1 aliphatic rings. The lowest BCUT2D eigenvalue weighted by atomic mass is 9.96. The molecule has 0 aromatic carbocycles. The van der Waals surface area contributed by atoms with Crippen LogP contribution in [-0.2, 0) is 0 Å². The maximum absolute atomic E-state index is 3.35. The highest BCUT2D eigenvalue weighted by Gasteiger charge is 2.08. The van der Waals surface area contributed by atoms with Crippen LogP contribution in [0.15, 0.2) is 0 Å². The van der Waals surface area contributed by atoms with Crippen LogP contribution in [0.3, 0.4) is 0 Å². The van der Waals surface area contributed by atoms with E-state index >= 15 is 0 Å².